The maximum Gasteiger partial charge on any atom is 0.225 e. The molecule has 1 atom stereocenters. The van der Waals surface area contributed by atoms with Crippen LogP contribution in [0.5, 0.6) is 0 Å². The molecule has 6 heteroatoms. The van der Waals surface area contributed by atoms with E-state index in [4.69, 9.17) is 4.74 Å². The summed E-state index contributed by atoms with van der Waals surface area (Å²) < 4.78 is 19.4. The van der Waals surface area contributed by atoms with Gasteiger partial charge in [-0.2, -0.15) is 0 Å². The Balaban J connectivity index is 1.58. The molecule has 0 aliphatic carbocycles. The maximum atomic E-state index is 13.5. The molecule has 3 aromatic rings. The van der Waals surface area contributed by atoms with E-state index < -0.39 is 0 Å². The van der Waals surface area contributed by atoms with Crippen molar-refractivity contribution in [1.29, 1.82) is 0 Å². The van der Waals surface area contributed by atoms with Crippen LogP contribution in [0.2, 0.25) is 0 Å². The van der Waals surface area contributed by atoms with Crippen molar-refractivity contribution in [2.75, 3.05) is 24.6 Å². The Labute approximate surface area is 145 Å². The van der Waals surface area contributed by atoms with Crippen molar-refractivity contribution in [3.8, 4) is 11.3 Å². The summed E-state index contributed by atoms with van der Waals surface area (Å²) in [7, 11) is 0. The Bertz CT molecular complexity index is 859. The molecule has 3 heterocycles. The number of hydrogen-bond acceptors (Lipinski definition) is 5. The highest BCUT2D eigenvalue weighted by molar-refractivity contribution is 5.59. The van der Waals surface area contributed by atoms with E-state index in [9.17, 15) is 4.39 Å². The first-order chi connectivity index (χ1) is 12.3. The number of nitrogens with zero attached hydrogens (tertiary/aromatic N) is 4. The first-order valence-electron chi connectivity index (χ1n) is 8.16. The molecule has 0 saturated carbocycles. The van der Waals surface area contributed by atoms with Crippen molar-refractivity contribution < 1.29 is 9.13 Å². The minimum atomic E-state index is -0.272. The number of rotatable bonds is 3. The van der Waals surface area contributed by atoms with Gasteiger partial charge in [0, 0.05) is 24.5 Å². The summed E-state index contributed by atoms with van der Waals surface area (Å²) in [6.45, 7) is 1.95. The average molecular weight is 336 g/mol. The van der Waals surface area contributed by atoms with E-state index in [-0.39, 0.29) is 11.9 Å². The lowest BCUT2D eigenvalue weighted by Crippen LogP contribution is -2.39. The molecule has 0 N–H and O–H groups in total. The summed E-state index contributed by atoms with van der Waals surface area (Å²) >= 11 is 0. The van der Waals surface area contributed by atoms with Crippen LogP contribution >= 0.6 is 0 Å². The summed E-state index contributed by atoms with van der Waals surface area (Å²) in [6.07, 6.45) is 3.29. The van der Waals surface area contributed by atoms with Crippen molar-refractivity contribution in [1.82, 2.24) is 15.0 Å². The highest BCUT2D eigenvalue weighted by Gasteiger charge is 2.24. The molecule has 1 aliphatic heterocycles. The smallest absolute Gasteiger partial charge is 0.225 e. The van der Waals surface area contributed by atoms with Gasteiger partial charge < -0.3 is 9.64 Å². The van der Waals surface area contributed by atoms with Gasteiger partial charge in [0.15, 0.2) is 0 Å². The second-order valence-electron chi connectivity index (χ2n) is 5.81. The predicted octanol–water partition coefficient (Wildman–Crippen LogP) is 3.26. The number of aromatic nitrogens is 3. The lowest BCUT2D eigenvalue weighted by Gasteiger charge is -2.32. The van der Waals surface area contributed by atoms with Crippen LogP contribution < -0.4 is 4.90 Å². The quantitative estimate of drug-likeness (QED) is 0.735. The molecule has 1 aliphatic rings. The van der Waals surface area contributed by atoms with E-state index in [1.54, 1.807) is 24.5 Å². The van der Waals surface area contributed by atoms with Gasteiger partial charge in [-0.3, -0.25) is 0 Å². The molecule has 4 rings (SSSR count). The van der Waals surface area contributed by atoms with Crippen molar-refractivity contribution in [2.45, 2.75) is 6.10 Å². The largest absolute Gasteiger partial charge is 0.368 e. The zero-order chi connectivity index (χ0) is 17.1. The fraction of sp³-hybridized carbons (Fsp3) is 0.211. The number of anilines is 1. The number of pyridine rings is 1. The minimum Gasteiger partial charge on any atom is -0.368 e. The van der Waals surface area contributed by atoms with Crippen LogP contribution in [-0.4, -0.2) is 34.6 Å². The van der Waals surface area contributed by atoms with Gasteiger partial charge in [0.25, 0.3) is 0 Å². The van der Waals surface area contributed by atoms with Crippen LogP contribution in [0.1, 0.15) is 11.8 Å². The molecule has 0 radical (unpaired) electrons. The van der Waals surface area contributed by atoms with Crippen molar-refractivity contribution >= 4 is 5.95 Å². The van der Waals surface area contributed by atoms with Crippen LogP contribution in [0.25, 0.3) is 11.3 Å². The standard InChI is InChI=1S/C19H17FN4O/c20-15-5-1-4-14(12-15)16-6-2-7-17(23-16)18-13-24(10-11-25-18)19-21-8-3-9-22-19/h1-9,12,18H,10-11,13H2/t18-/m1/s1. The van der Waals surface area contributed by atoms with E-state index in [0.29, 0.717) is 19.1 Å². The fourth-order valence-corrected chi connectivity index (χ4v) is 2.90. The fourth-order valence-electron chi connectivity index (χ4n) is 2.90. The summed E-state index contributed by atoms with van der Waals surface area (Å²) in [5.41, 5.74) is 2.30. The summed E-state index contributed by atoms with van der Waals surface area (Å²) in [4.78, 5) is 15.4. The highest BCUT2D eigenvalue weighted by atomic mass is 19.1. The summed E-state index contributed by atoms with van der Waals surface area (Å²) in [5, 5.41) is 0. The average Bonchev–Trinajstić information content (AvgIpc) is 2.69. The Morgan fingerprint density at radius 3 is 2.72 bits per heavy atom. The first-order valence-corrected chi connectivity index (χ1v) is 8.16. The molecular weight excluding hydrogens is 319 g/mol. The monoisotopic (exact) mass is 336 g/mol. The summed E-state index contributed by atoms with van der Waals surface area (Å²) in [6, 6.07) is 14.0. The predicted molar refractivity (Wildman–Crippen MR) is 92.6 cm³/mol. The molecule has 25 heavy (non-hydrogen) atoms. The molecule has 1 fully saturated rings. The third-order valence-electron chi connectivity index (χ3n) is 4.12. The first kappa shape index (κ1) is 15.7. The molecule has 0 amide bonds. The van der Waals surface area contributed by atoms with Gasteiger partial charge >= 0.3 is 0 Å². The van der Waals surface area contributed by atoms with Gasteiger partial charge in [-0.1, -0.05) is 18.2 Å². The molecule has 0 unspecified atom stereocenters. The SMILES string of the molecule is Fc1cccc(-c2cccc([C@H]3CN(c4ncccn4)CCO3)n2)c1. The molecule has 5 nitrogen and oxygen atoms in total. The van der Waals surface area contributed by atoms with Gasteiger partial charge in [0.05, 0.1) is 24.5 Å². The number of hydrogen-bond donors (Lipinski definition) is 0. The molecule has 2 aromatic heterocycles. The Kier molecular flexibility index (Phi) is 4.35. The van der Waals surface area contributed by atoms with Crippen LogP contribution in [0.4, 0.5) is 10.3 Å². The Morgan fingerprint density at radius 2 is 1.88 bits per heavy atom. The van der Waals surface area contributed by atoms with Gasteiger partial charge in [-0.25, -0.2) is 19.3 Å². The third-order valence-corrected chi connectivity index (χ3v) is 4.12. The van der Waals surface area contributed by atoms with Gasteiger partial charge in [0.2, 0.25) is 5.95 Å². The van der Waals surface area contributed by atoms with Crippen LogP contribution in [-0.2, 0) is 4.74 Å². The zero-order valence-electron chi connectivity index (χ0n) is 13.5. The minimum absolute atomic E-state index is 0.175. The highest BCUT2D eigenvalue weighted by Crippen LogP contribution is 2.25. The molecule has 1 aromatic carbocycles. The van der Waals surface area contributed by atoms with Gasteiger partial charge in [-0.05, 0) is 30.3 Å². The van der Waals surface area contributed by atoms with Crippen LogP contribution in [0, 0.1) is 5.82 Å². The number of halogens is 1. The molecular formula is C19H17FN4O. The second kappa shape index (κ2) is 6.94. The number of benzene rings is 1. The Hall–Kier alpha value is -2.86. The molecule has 126 valence electrons. The lowest BCUT2D eigenvalue weighted by atomic mass is 10.1. The molecule has 0 bridgehead atoms. The van der Waals surface area contributed by atoms with Gasteiger partial charge in [-0.15, -0.1) is 0 Å². The number of morpholine rings is 1. The molecule has 1 saturated heterocycles. The van der Waals surface area contributed by atoms with Crippen molar-refractivity contribution in [2.24, 2.45) is 0 Å². The van der Waals surface area contributed by atoms with Crippen LogP contribution in [0.3, 0.4) is 0 Å². The molecule has 0 spiro atoms. The maximum absolute atomic E-state index is 13.5. The van der Waals surface area contributed by atoms with Gasteiger partial charge in [0.1, 0.15) is 11.9 Å². The van der Waals surface area contributed by atoms with E-state index in [1.807, 2.05) is 24.3 Å². The third kappa shape index (κ3) is 3.49. The van der Waals surface area contributed by atoms with Crippen molar-refractivity contribution in [3.63, 3.8) is 0 Å². The van der Waals surface area contributed by atoms with E-state index >= 15 is 0 Å². The Morgan fingerprint density at radius 1 is 1.04 bits per heavy atom. The van der Waals surface area contributed by atoms with E-state index in [1.165, 1.54) is 12.1 Å². The van der Waals surface area contributed by atoms with Crippen molar-refractivity contribution in [3.05, 3.63) is 72.4 Å². The van der Waals surface area contributed by atoms with E-state index in [2.05, 4.69) is 19.9 Å². The van der Waals surface area contributed by atoms with Crippen LogP contribution in [0.15, 0.2) is 60.9 Å². The normalized spacial score (nSPS) is 17.5. The second-order valence-corrected chi connectivity index (χ2v) is 5.81. The number of ether oxygens (including phenoxy) is 1. The lowest BCUT2D eigenvalue weighted by molar-refractivity contribution is 0.0365. The topological polar surface area (TPSA) is 51.1 Å². The zero-order valence-corrected chi connectivity index (χ0v) is 13.5. The van der Waals surface area contributed by atoms with E-state index in [0.717, 1.165) is 23.5 Å². The summed E-state index contributed by atoms with van der Waals surface area (Å²) in [5.74, 6) is 0.420.